The highest BCUT2D eigenvalue weighted by molar-refractivity contribution is 5.81. The molecule has 1 spiro atoms. The van der Waals surface area contributed by atoms with Crippen molar-refractivity contribution in [2.75, 3.05) is 33.3 Å². The molecule has 0 radical (unpaired) electrons. The van der Waals surface area contributed by atoms with Crippen molar-refractivity contribution in [2.24, 2.45) is 17.3 Å². The zero-order valence-corrected chi connectivity index (χ0v) is 17.4. The average Bonchev–Trinajstić information content (AvgIpc) is 3.28. The van der Waals surface area contributed by atoms with Gasteiger partial charge in [0.15, 0.2) is 0 Å². The van der Waals surface area contributed by atoms with E-state index in [1.807, 2.05) is 9.80 Å². The average molecular weight is 381 g/mol. The van der Waals surface area contributed by atoms with Crippen LogP contribution in [0.25, 0.3) is 0 Å². The molecule has 6 nitrogen and oxygen atoms in total. The van der Waals surface area contributed by atoms with Gasteiger partial charge >= 0.3 is 0 Å². The summed E-state index contributed by atoms with van der Waals surface area (Å²) in [5.74, 6) is 0.839. The number of aliphatic hydroxyl groups is 1. The molecule has 1 N–H and O–H groups in total. The van der Waals surface area contributed by atoms with Crippen LogP contribution < -0.4 is 0 Å². The second-order valence-corrected chi connectivity index (χ2v) is 9.74. The standard InChI is InChI=1S/C21H36N2O4/c1-15(2)11-17(27-4)19(25)23-10-8-21(14-23)7-9-22(13-21)18(24)12-20(3,26)16-5-6-16/h15-17,26H,5-14H2,1-4H3. The van der Waals surface area contributed by atoms with Gasteiger partial charge in [-0.3, -0.25) is 9.59 Å². The molecular formula is C21H36N2O4. The van der Waals surface area contributed by atoms with Crippen molar-refractivity contribution in [3.63, 3.8) is 0 Å². The van der Waals surface area contributed by atoms with Crippen LogP contribution in [0.5, 0.6) is 0 Å². The van der Waals surface area contributed by atoms with Crippen molar-refractivity contribution < 1.29 is 19.4 Å². The number of likely N-dealkylation sites (tertiary alicyclic amines) is 2. The maximum Gasteiger partial charge on any atom is 0.251 e. The Labute approximate surface area is 163 Å². The van der Waals surface area contributed by atoms with Gasteiger partial charge in [-0.1, -0.05) is 13.8 Å². The van der Waals surface area contributed by atoms with E-state index in [9.17, 15) is 14.7 Å². The number of carbonyl (C=O) groups excluding carboxylic acids is 2. The molecule has 0 aromatic heterocycles. The third-order valence-electron chi connectivity index (χ3n) is 6.75. The second-order valence-electron chi connectivity index (χ2n) is 9.74. The zero-order valence-electron chi connectivity index (χ0n) is 17.4. The van der Waals surface area contributed by atoms with Gasteiger partial charge in [-0.05, 0) is 50.9 Å². The van der Waals surface area contributed by atoms with Gasteiger partial charge in [0.05, 0.1) is 12.0 Å². The second kappa shape index (κ2) is 7.70. The van der Waals surface area contributed by atoms with Gasteiger partial charge < -0.3 is 19.6 Å². The fourth-order valence-electron chi connectivity index (χ4n) is 4.80. The molecule has 1 saturated carbocycles. The largest absolute Gasteiger partial charge is 0.389 e. The van der Waals surface area contributed by atoms with Gasteiger partial charge in [-0.15, -0.1) is 0 Å². The summed E-state index contributed by atoms with van der Waals surface area (Å²) >= 11 is 0. The third kappa shape index (κ3) is 4.65. The van der Waals surface area contributed by atoms with Crippen molar-refractivity contribution in [1.29, 1.82) is 0 Å². The highest BCUT2D eigenvalue weighted by Crippen LogP contribution is 2.43. The molecule has 3 aliphatic rings. The zero-order chi connectivity index (χ0) is 19.8. The number of carbonyl (C=O) groups is 2. The van der Waals surface area contributed by atoms with Crippen LogP contribution in [0.2, 0.25) is 0 Å². The Kier molecular flexibility index (Phi) is 5.88. The summed E-state index contributed by atoms with van der Waals surface area (Å²) in [4.78, 5) is 29.4. The summed E-state index contributed by atoms with van der Waals surface area (Å²) in [5, 5.41) is 10.5. The molecule has 3 rings (SSSR count). The molecule has 1 aliphatic carbocycles. The van der Waals surface area contributed by atoms with E-state index in [-0.39, 0.29) is 35.7 Å². The van der Waals surface area contributed by atoms with Crippen LogP contribution in [0.4, 0.5) is 0 Å². The highest BCUT2D eigenvalue weighted by Gasteiger charge is 2.48. The van der Waals surface area contributed by atoms with Gasteiger partial charge in [-0.2, -0.15) is 0 Å². The Morgan fingerprint density at radius 1 is 1.19 bits per heavy atom. The van der Waals surface area contributed by atoms with E-state index >= 15 is 0 Å². The first-order valence-electron chi connectivity index (χ1n) is 10.5. The van der Waals surface area contributed by atoms with Gasteiger partial charge in [-0.25, -0.2) is 0 Å². The molecule has 27 heavy (non-hydrogen) atoms. The number of amides is 2. The molecule has 2 saturated heterocycles. The maximum atomic E-state index is 12.8. The Morgan fingerprint density at radius 2 is 1.78 bits per heavy atom. The third-order valence-corrected chi connectivity index (χ3v) is 6.75. The monoisotopic (exact) mass is 380 g/mol. The Hall–Kier alpha value is -1.14. The van der Waals surface area contributed by atoms with E-state index in [2.05, 4.69) is 13.8 Å². The predicted octanol–water partition coefficient (Wildman–Crippen LogP) is 2.05. The lowest BCUT2D eigenvalue weighted by Gasteiger charge is -2.28. The van der Waals surface area contributed by atoms with Crippen molar-refractivity contribution in [2.45, 2.75) is 71.0 Å². The summed E-state index contributed by atoms with van der Waals surface area (Å²) in [6.07, 6.45) is 4.52. The summed E-state index contributed by atoms with van der Waals surface area (Å²) < 4.78 is 5.45. The minimum absolute atomic E-state index is 0.0207. The molecule has 3 unspecified atom stereocenters. The molecule has 3 fully saturated rings. The number of hydrogen-bond donors (Lipinski definition) is 1. The lowest BCUT2D eigenvalue weighted by molar-refractivity contribution is -0.142. The van der Waals surface area contributed by atoms with Gasteiger partial charge in [0.1, 0.15) is 6.10 Å². The molecule has 2 heterocycles. The quantitative estimate of drug-likeness (QED) is 0.734. The first-order chi connectivity index (χ1) is 12.7. The smallest absolute Gasteiger partial charge is 0.251 e. The highest BCUT2D eigenvalue weighted by atomic mass is 16.5. The van der Waals surface area contributed by atoms with Crippen molar-refractivity contribution >= 4 is 11.8 Å². The molecule has 3 atom stereocenters. The molecule has 2 amide bonds. The maximum absolute atomic E-state index is 12.8. The van der Waals surface area contributed by atoms with Crippen LogP contribution in [-0.2, 0) is 14.3 Å². The van der Waals surface area contributed by atoms with E-state index in [0.717, 1.165) is 45.2 Å². The SMILES string of the molecule is COC(CC(C)C)C(=O)N1CCC2(CCN(C(=O)CC(C)(O)C3CC3)C2)C1. The lowest BCUT2D eigenvalue weighted by atomic mass is 9.86. The fourth-order valence-corrected chi connectivity index (χ4v) is 4.80. The van der Waals surface area contributed by atoms with E-state index in [1.54, 1.807) is 14.0 Å². The van der Waals surface area contributed by atoms with Crippen LogP contribution >= 0.6 is 0 Å². The Morgan fingerprint density at radius 3 is 2.33 bits per heavy atom. The normalized spacial score (nSPS) is 28.8. The van der Waals surface area contributed by atoms with Crippen molar-refractivity contribution in [3.8, 4) is 0 Å². The number of methoxy groups -OCH3 is 1. The molecule has 2 aliphatic heterocycles. The minimum Gasteiger partial charge on any atom is -0.389 e. The van der Waals surface area contributed by atoms with Crippen LogP contribution in [0.3, 0.4) is 0 Å². The molecule has 154 valence electrons. The summed E-state index contributed by atoms with van der Waals surface area (Å²) in [5.41, 5.74) is -0.847. The topological polar surface area (TPSA) is 70.1 Å². The predicted molar refractivity (Wildman–Crippen MR) is 103 cm³/mol. The van der Waals surface area contributed by atoms with Gasteiger partial charge in [0, 0.05) is 38.7 Å². The van der Waals surface area contributed by atoms with Crippen LogP contribution in [0, 0.1) is 17.3 Å². The number of hydrogen-bond acceptors (Lipinski definition) is 4. The first kappa shape index (κ1) is 20.6. The summed E-state index contributed by atoms with van der Waals surface area (Å²) in [7, 11) is 1.61. The van der Waals surface area contributed by atoms with Crippen molar-refractivity contribution in [1.82, 2.24) is 9.80 Å². The van der Waals surface area contributed by atoms with Gasteiger partial charge in [0.2, 0.25) is 5.91 Å². The number of nitrogens with zero attached hydrogens (tertiary/aromatic N) is 2. The van der Waals surface area contributed by atoms with E-state index in [4.69, 9.17) is 4.74 Å². The van der Waals surface area contributed by atoms with Gasteiger partial charge in [0.25, 0.3) is 5.91 Å². The van der Waals surface area contributed by atoms with E-state index < -0.39 is 5.60 Å². The molecule has 0 bridgehead atoms. The first-order valence-corrected chi connectivity index (χ1v) is 10.5. The molecule has 0 aromatic carbocycles. The number of rotatable bonds is 7. The summed E-state index contributed by atoms with van der Waals surface area (Å²) in [6.45, 7) is 8.90. The minimum atomic E-state index is -0.868. The lowest BCUT2D eigenvalue weighted by Crippen LogP contribution is -2.42. The summed E-state index contributed by atoms with van der Waals surface area (Å²) in [6, 6.07) is 0. The van der Waals surface area contributed by atoms with Crippen LogP contribution in [0.15, 0.2) is 0 Å². The van der Waals surface area contributed by atoms with Crippen molar-refractivity contribution in [3.05, 3.63) is 0 Å². The number of ether oxygens (including phenoxy) is 1. The molecule has 6 heteroatoms. The molecule has 0 aromatic rings. The molecular weight excluding hydrogens is 344 g/mol. The van der Waals surface area contributed by atoms with E-state index in [1.165, 1.54) is 0 Å². The van der Waals surface area contributed by atoms with Crippen LogP contribution in [0.1, 0.15) is 59.3 Å². The Bertz CT molecular complexity index is 573. The van der Waals surface area contributed by atoms with E-state index in [0.29, 0.717) is 19.0 Å². The van der Waals surface area contributed by atoms with Crippen LogP contribution in [-0.4, -0.2) is 71.7 Å². The Balaban J connectivity index is 1.55. The fraction of sp³-hybridized carbons (Fsp3) is 0.905.